The first-order valence-corrected chi connectivity index (χ1v) is 13.5. The molecule has 202 valence electrons. The molecule has 39 heavy (non-hydrogen) atoms. The highest BCUT2D eigenvalue weighted by Gasteiger charge is 2.63. The number of unbranched alkanes of at least 4 members (excludes halogenated alkanes) is 1. The average molecular weight is 529 g/mol. The molecule has 6 rings (SSSR count). The highest BCUT2D eigenvalue weighted by atomic mass is 16.5. The Kier molecular flexibility index (Phi) is 6.60. The third-order valence-electron chi connectivity index (χ3n) is 8.16. The van der Waals surface area contributed by atoms with Gasteiger partial charge in [0.05, 0.1) is 13.4 Å². The summed E-state index contributed by atoms with van der Waals surface area (Å²) >= 11 is 0. The van der Waals surface area contributed by atoms with Gasteiger partial charge in [0.25, 0.3) is 5.91 Å². The molecule has 3 heterocycles. The zero-order valence-electron chi connectivity index (χ0n) is 22.0. The minimum atomic E-state index is -1.28. The Hall–Kier alpha value is -4.11. The van der Waals surface area contributed by atoms with Gasteiger partial charge in [0.2, 0.25) is 0 Å². The Balaban J connectivity index is 1.21. The fraction of sp³-hybridized carbons (Fsp3) is 0.367. The van der Waals surface area contributed by atoms with E-state index in [0.717, 1.165) is 78.6 Å². The van der Waals surface area contributed by atoms with E-state index in [1.807, 2.05) is 60.7 Å². The number of rotatable bonds is 8. The van der Waals surface area contributed by atoms with Crippen molar-refractivity contribution in [3.05, 3.63) is 78.1 Å². The number of carbonyl (C=O) groups is 3. The maximum Gasteiger partial charge on any atom is 0.328 e. The number of benzene rings is 2. The van der Waals surface area contributed by atoms with Gasteiger partial charge in [0.1, 0.15) is 6.54 Å². The van der Waals surface area contributed by atoms with Gasteiger partial charge in [0.15, 0.2) is 11.4 Å². The molecule has 0 N–H and O–H groups in total. The number of hydrogen-bond acceptors (Lipinski definition) is 7. The van der Waals surface area contributed by atoms with Crippen molar-refractivity contribution in [2.75, 3.05) is 57.8 Å². The second kappa shape index (κ2) is 10.2. The van der Waals surface area contributed by atoms with E-state index in [4.69, 9.17) is 9.15 Å². The van der Waals surface area contributed by atoms with E-state index in [9.17, 15) is 14.4 Å². The van der Waals surface area contributed by atoms with Crippen LogP contribution < -0.4 is 4.90 Å². The normalized spacial score (nSPS) is 18.1. The van der Waals surface area contributed by atoms with Crippen LogP contribution in [-0.2, 0) is 19.9 Å². The maximum atomic E-state index is 14.2. The number of nitrogens with zero attached hydrogens (tertiary/aromatic N) is 4. The summed E-state index contributed by atoms with van der Waals surface area (Å²) in [4.78, 5) is 47.6. The fourth-order valence-electron chi connectivity index (χ4n) is 6.26. The molecule has 9 nitrogen and oxygen atoms in total. The van der Waals surface area contributed by atoms with E-state index >= 15 is 0 Å². The molecule has 0 unspecified atom stereocenters. The van der Waals surface area contributed by atoms with E-state index in [1.54, 1.807) is 11.2 Å². The van der Waals surface area contributed by atoms with E-state index in [2.05, 4.69) is 9.80 Å². The standard InChI is InChI=1S/C30H32N4O5/c1-38-27(35)21-33-28(36)30(24-11-4-2-9-22(24)23-10-3-5-12-25(23)30)34(29(33)37)15-7-6-14-31-16-18-32(19-17-31)26-13-8-20-39-26/h2-5,8-13,20H,6-7,14-19,21H2,1H3. The van der Waals surface area contributed by atoms with Gasteiger partial charge in [-0.1, -0.05) is 48.5 Å². The molecule has 3 amide bonds. The average Bonchev–Trinajstić information content (AvgIpc) is 3.66. The number of esters is 1. The van der Waals surface area contributed by atoms with Gasteiger partial charge in [-0.2, -0.15) is 0 Å². The molecule has 3 aromatic rings. The largest absolute Gasteiger partial charge is 0.468 e. The van der Waals surface area contributed by atoms with Crippen LogP contribution in [0.3, 0.4) is 0 Å². The summed E-state index contributed by atoms with van der Waals surface area (Å²) in [5.74, 6) is -0.114. The van der Waals surface area contributed by atoms with Crippen molar-refractivity contribution in [3.63, 3.8) is 0 Å². The molecular weight excluding hydrogens is 496 g/mol. The summed E-state index contributed by atoms with van der Waals surface area (Å²) in [6.07, 6.45) is 3.32. The van der Waals surface area contributed by atoms with Gasteiger partial charge < -0.3 is 19.0 Å². The third kappa shape index (κ3) is 4.08. The second-order valence-electron chi connectivity index (χ2n) is 10.2. The molecule has 1 spiro atoms. The van der Waals surface area contributed by atoms with Crippen molar-refractivity contribution in [1.29, 1.82) is 0 Å². The number of urea groups is 1. The number of fused-ring (bicyclic) bond motifs is 5. The molecule has 0 bridgehead atoms. The Bertz CT molecular complexity index is 1330. The van der Waals surface area contributed by atoms with Crippen molar-refractivity contribution >= 4 is 23.8 Å². The number of hydrogen-bond donors (Lipinski definition) is 0. The summed E-state index contributed by atoms with van der Waals surface area (Å²) in [5.41, 5.74) is 2.16. The predicted octanol–water partition coefficient (Wildman–Crippen LogP) is 3.54. The molecule has 0 saturated carbocycles. The van der Waals surface area contributed by atoms with Crippen LogP contribution in [-0.4, -0.2) is 85.5 Å². The summed E-state index contributed by atoms with van der Waals surface area (Å²) in [6.45, 7) is 4.61. The van der Waals surface area contributed by atoms with Crippen LogP contribution in [0.4, 0.5) is 10.7 Å². The van der Waals surface area contributed by atoms with Gasteiger partial charge in [-0.15, -0.1) is 0 Å². The lowest BCUT2D eigenvalue weighted by Crippen LogP contribution is -2.47. The lowest BCUT2D eigenvalue weighted by Gasteiger charge is -2.35. The first-order valence-electron chi connectivity index (χ1n) is 13.5. The summed E-state index contributed by atoms with van der Waals surface area (Å²) in [7, 11) is 1.26. The number of anilines is 1. The van der Waals surface area contributed by atoms with E-state index in [0.29, 0.717) is 6.54 Å². The van der Waals surface area contributed by atoms with Crippen molar-refractivity contribution in [1.82, 2.24) is 14.7 Å². The number of ether oxygens (including phenoxy) is 1. The smallest absolute Gasteiger partial charge is 0.328 e. The zero-order valence-corrected chi connectivity index (χ0v) is 22.0. The van der Waals surface area contributed by atoms with Crippen LogP contribution in [0.25, 0.3) is 11.1 Å². The number of methoxy groups -OCH3 is 1. The van der Waals surface area contributed by atoms with Gasteiger partial charge in [-0.05, 0) is 47.7 Å². The Morgan fingerprint density at radius 1 is 0.872 bits per heavy atom. The summed E-state index contributed by atoms with van der Waals surface area (Å²) in [5, 5.41) is 0. The van der Waals surface area contributed by atoms with Crippen LogP contribution in [0.5, 0.6) is 0 Å². The Morgan fingerprint density at radius 2 is 1.51 bits per heavy atom. The number of furan rings is 1. The van der Waals surface area contributed by atoms with Crippen LogP contribution in [0.2, 0.25) is 0 Å². The first kappa shape index (κ1) is 25.2. The summed E-state index contributed by atoms with van der Waals surface area (Å²) in [6, 6.07) is 19.0. The zero-order chi connectivity index (χ0) is 27.0. The Labute approximate surface area is 227 Å². The third-order valence-corrected chi connectivity index (χ3v) is 8.16. The fourth-order valence-corrected chi connectivity index (χ4v) is 6.26. The van der Waals surface area contributed by atoms with Crippen molar-refractivity contribution in [3.8, 4) is 11.1 Å². The topological polar surface area (TPSA) is 86.5 Å². The molecule has 2 saturated heterocycles. The van der Waals surface area contributed by atoms with E-state index < -0.39 is 30.0 Å². The lowest BCUT2D eigenvalue weighted by molar-refractivity contribution is -0.145. The molecule has 9 heteroatoms. The van der Waals surface area contributed by atoms with Gasteiger partial charge in [-0.3, -0.25) is 19.4 Å². The van der Waals surface area contributed by atoms with Crippen LogP contribution in [0, 0.1) is 0 Å². The van der Waals surface area contributed by atoms with Crippen molar-refractivity contribution in [2.45, 2.75) is 18.4 Å². The van der Waals surface area contributed by atoms with Crippen molar-refractivity contribution < 1.29 is 23.5 Å². The van der Waals surface area contributed by atoms with Crippen molar-refractivity contribution in [2.24, 2.45) is 0 Å². The highest BCUT2D eigenvalue weighted by molar-refractivity contribution is 6.14. The molecule has 2 aromatic carbocycles. The maximum absolute atomic E-state index is 14.2. The SMILES string of the molecule is COC(=O)CN1C(=O)N(CCCCN2CCN(c3ccco3)CC2)C2(C1=O)c1ccccc1-c1ccccc12. The van der Waals surface area contributed by atoms with Gasteiger partial charge in [-0.25, -0.2) is 4.79 Å². The first-order chi connectivity index (χ1) is 19.1. The van der Waals surface area contributed by atoms with Gasteiger partial charge >= 0.3 is 12.0 Å². The van der Waals surface area contributed by atoms with Gasteiger partial charge in [0, 0.05) is 38.8 Å². The second-order valence-corrected chi connectivity index (χ2v) is 10.2. The minimum Gasteiger partial charge on any atom is -0.468 e. The monoisotopic (exact) mass is 528 g/mol. The molecule has 1 aliphatic carbocycles. The molecule has 0 radical (unpaired) electrons. The lowest BCUT2D eigenvalue weighted by atomic mass is 9.85. The van der Waals surface area contributed by atoms with Crippen LogP contribution in [0.1, 0.15) is 24.0 Å². The van der Waals surface area contributed by atoms with Crippen LogP contribution in [0.15, 0.2) is 71.3 Å². The highest BCUT2D eigenvalue weighted by Crippen LogP contribution is 2.54. The predicted molar refractivity (Wildman–Crippen MR) is 145 cm³/mol. The number of amides is 3. The number of carbonyl (C=O) groups excluding carboxylic acids is 3. The minimum absolute atomic E-state index is 0.399. The molecule has 0 atom stereocenters. The van der Waals surface area contributed by atoms with Crippen LogP contribution >= 0.6 is 0 Å². The van der Waals surface area contributed by atoms with E-state index in [-0.39, 0.29) is 0 Å². The molecule has 3 aliphatic rings. The number of imide groups is 1. The molecular formula is C30H32N4O5. The molecule has 1 aromatic heterocycles. The Morgan fingerprint density at radius 3 is 2.13 bits per heavy atom. The number of piperazine rings is 1. The van der Waals surface area contributed by atoms with E-state index in [1.165, 1.54) is 7.11 Å². The molecule has 2 aliphatic heterocycles. The quantitative estimate of drug-likeness (QED) is 0.251. The summed E-state index contributed by atoms with van der Waals surface area (Å²) < 4.78 is 10.3. The molecule has 2 fully saturated rings.